The number of ether oxygens (including phenoxy) is 1. The molecule has 4 rings (SSSR count). The molecule has 1 aliphatic carbocycles. The van der Waals surface area contributed by atoms with Crippen LogP contribution < -0.4 is 5.32 Å². The molecule has 2 atom stereocenters. The number of aliphatic hydroxyl groups excluding tert-OH is 1. The number of nitrogens with one attached hydrogen (secondary N) is 1. The van der Waals surface area contributed by atoms with Crippen molar-refractivity contribution in [2.45, 2.75) is 50.1 Å². The molecule has 2 unspecified atom stereocenters. The van der Waals surface area contributed by atoms with E-state index in [4.69, 9.17) is 9.84 Å². The number of hydrogen-bond donors (Lipinski definition) is 3. The highest BCUT2D eigenvalue weighted by molar-refractivity contribution is 5.89. The Morgan fingerprint density at radius 3 is 2.32 bits per heavy atom. The number of alkyl carbamates (subject to hydrolysis) is 1. The van der Waals surface area contributed by atoms with Crippen molar-refractivity contribution in [3.8, 4) is 11.1 Å². The summed E-state index contributed by atoms with van der Waals surface area (Å²) >= 11 is 0. The van der Waals surface area contributed by atoms with Crippen LogP contribution in [0.15, 0.2) is 48.5 Å². The zero-order valence-corrected chi connectivity index (χ0v) is 19.0. The summed E-state index contributed by atoms with van der Waals surface area (Å²) in [5, 5.41) is 20.9. The Labute approximate surface area is 198 Å². The molecule has 0 saturated carbocycles. The number of carboxylic acid groups (broad SMARTS) is 1. The number of carboxylic acids is 1. The number of carbonyl (C=O) groups is 3. The summed E-state index contributed by atoms with van der Waals surface area (Å²) < 4.78 is 5.51. The van der Waals surface area contributed by atoms with Crippen LogP contribution >= 0.6 is 0 Å². The van der Waals surface area contributed by atoms with Crippen LogP contribution in [0.1, 0.15) is 49.1 Å². The fraction of sp³-hybridized carbons (Fsp3) is 0.423. The van der Waals surface area contributed by atoms with E-state index in [2.05, 4.69) is 5.32 Å². The van der Waals surface area contributed by atoms with Crippen molar-refractivity contribution in [2.75, 3.05) is 19.8 Å². The lowest BCUT2D eigenvalue weighted by atomic mass is 9.98. The summed E-state index contributed by atoms with van der Waals surface area (Å²) in [5.74, 6) is -1.73. The molecular formula is C26H30N2O6. The molecule has 180 valence electrons. The molecule has 34 heavy (non-hydrogen) atoms. The Morgan fingerprint density at radius 2 is 1.71 bits per heavy atom. The van der Waals surface area contributed by atoms with Gasteiger partial charge in [-0.2, -0.15) is 0 Å². The summed E-state index contributed by atoms with van der Waals surface area (Å²) in [7, 11) is 0. The normalized spacial score (nSPS) is 17.7. The van der Waals surface area contributed by atoms with E-state index in [0.29, 0.717) is 19.4 Å². The Morgan fingerprint density at radius 1 is 1.06 bits per heavy atom. The average molecular weight is 467 g/mol. The highest BCUT2D eigenvalue weighted by Gasteiger charge is 2.35. The third-order valence-corrected chi connectivity index (χ3v) is 6.67. The molecule has 0 spiro atoms. The number of aliphatic carboxylic acids is 1. The number of likely N-dealkylation sites (tertiary alicyclic amines) is 1. The lowest BCUT2D eigenvalue weighted by molar-refractivity contribution is -0.143. The Balaban J connectivity index is 1.42. The predicted octanol–water partition coefficient (Wildman–Crippen LogP) is 3.13. The van der Waals surface area contributed by atoms with Gasteiger partial charge in [0.1, 0.15) is 12.6 Å². The van der Waals surface area contributed by atoms with E-state index in [1.165, 1.54) is 0 Å². The minimum absolute atomic E-state index is 0.0368. The van der Waals surface area contributed by atoms with Crippen LogP contribution in [0.5, 0.6) is 0 Å². The second kappa shape index (κ2) is 10.7. The lowest BCUT2D eigenvalue weighted by Gasteiger charge is -2.28. The number of rotatable bonds is 9. The fourth-order valence-corrected chi connectivity index (χ4v) is 5.11. The van der Waals surface area contributed by atoms with Crippen molar-refractivity contribution in [3.63, 3.8) is 0 Å². The Bertz CT molecular complexity index is 1010. The van der Waals surface area contributed by atoms with Crippen LogP contribution in [0.4, 0.5) is 4.79 Å². The summed E-state index contributed by atoms with van der Waals surface area (Å²) in [6, 6.07) is 14.7. The molecule has 2 aromatic carbocycles. The zero-order valence-electron chi connectivity index (χ0n) is 19.0. The number of hydrogen-bond acceptors (Lipinski definition) is 5. The maximum absolute atomic E-state index is 13.1. The van der Waals surface area contributed by atoms with Gasteiger partial charge in [0, 0.05) is 25.1 Å². The van der Waals surface area contributed by atoms with E-state index >= 15 is 0 Å². The SMILES string of the molecule is O=C(O)CC(NC(=O)OCC1c2ccccc2-c2ccccc21)C(=O)N1CCCC1CCCO. The van der Waals surface area contributed by atoms with Gasteiger partial charge in [0.15, 0.2) is 0 Å². The minimum Gasteiger partial charge on any atom is -0.481 e. The van der Waals surface area contributed by atoms with Gasteiger partial charge in [0.25, 0.3) is 0 Å². The van der Waals surface area contributed by atoms with Crippen LogP contribution in [0, 0.1) is 0 Å². The fourth-order valence-electron chi connectivity index (χ4n) is 5.11. The second-order valence-corrected chi connectivity index (χ2v) is 8.81. The summed E-state index contributed by atoms with van der Waals surface area (Å²) in [6.45, 7) is 0.628. The molecule has 8 nitrogen and oxygen atoms in total. The van der Waals surface area contributed by atoms with Gasteiger partial charge in [-0.25, -0.2) is 4.79 Å². The maximum Gasteiger partial charge on any atom is 0.407 e. The van der Waals surface area contributed by atoms with E-state index in [0.717, 1.165) is 35.1 Å². The van der Waals surface area contributed by atoms with E-state index < -0.39 is 30.4 Å². The summed E-state index contributed by atoms with van der Waals surface area (Å²) in [5.41, 5.74) is 4.35. The topological polar surface area (TPSA) is 116 Å². The van der Waals surface area contributed by atoms with Gasteiger partial charge in [0.2, 0.25) is 5.91 Å². The van der Waals surface area contributed by atoms with Gasteiger partial charge in [-0.05, 0) is 47.9 Å². The zero-order chi connectivity index (χ0) is 24.1. The Kier molecular flexibility index (Phi) is 7.47. The van der Waals surface area contributed by atoms with Crippen molar-refractivity contribution < 1.29 is 29.3 Å². The predicted molar refractivity (Wildman–Crippen MR) is 125 cm³/mol. The smallest absolute Gasteiger partial charge is 0.407 e. The minimum atomic E-state index is -1.21. The molecule has 1 saturated heterocycles. The maximum atomic E-state index is 13.1. The van der Waals surface area contributed by atoms with Crippen LogP contribution in [-0.2, 0) is 14.3 Å². The molecule has 3 N–H and O–H groups in total. The van der Waals surface area contributed by atoms with Crippen molar-refractivity contribution in [2.24, 2.45) is 0 Å². The molecule has 2 aliphatic rings. The van der Waals surface area contributed by atoms with E-state index in [9.17, 15) is 19.5 Å². The lowest BCUT2D eigenvalue weighted by Crippen LogP contribution is -2.51. The van der Waals surface area contributed by atoms with Crippen LogP contribution in [0.3, 0.4) is 0 Å². The monoisotopic (exact) mass is 466 g/mol. The first-order chi connectivity index (χ1) is 16.5. The summed E-state index contributed by atoms with van der Waals surface area (Å²) in [4.78, 5) is 38.8. The molecular weight excluding hydrogens is 436 g/mol. The van der Waals surface area contributed by atoms with Gasteiger partial charge in [-0.1, -0.05) is 48.5 Å². The van der Waals surface area contributed by atoms with Crippen molar-refractivity contribution in [3.05, 3.63) is 59.7 Å². The van der Waals surface area contributed by atoms with E-state index in [1.54, 1.807) is 4.90 Å². The number of aliphatic hydroxyl groups is 1. The second-order valence-electron chi connectivity index (χ2n) is 8.81. The van der Waals surface area contributed by atoms with Crippen molar-refractivity contribution in [1.29, 1.82) is 0 Å². The van der Waals surface area contributed by atoms with Gasteiger partial charge in [0.05, 0.1) is 6.42 Å². The number of nitrogens with zero attached hydrogens (tertiary/aromatic N) is 1. The molecule has 2 amide bonds. The molecule has 1 aliphatic heterocycles. The highest BCUT2D eigenvalue weighted by Crippen LogP contribution is 2.44. The molecule has 2 aromatic rings. The van der Waals surface area contributed by atoms with Crippen molar-refractivity contribution >= 4 is 18.0 Å². The van der Waals surface area contributed by atoms with E-state index in [-0.39, 0.29) is 25.2 Å². The van der Waals surface area contributed by atoms with Crippen LogP contribution in [0.25, 0.3) is 11.1 Å². The van der Waals surface area contributed by atoms with Crippen LogP contribution in [0.2, 0.25) is 0 Å². The summed E-state index contributed by atoms with van der Waals surface area (Å²) in [6.07, 6.45) is 1.49. The number of carbonyl (C=O) groups excluding carboxylic acids is 2. The molecule has 0 bridgehead atoms. The Hall–Kier alpha value is -3.39. The number of fused-ring (bicyclic) bond motifs is 3. The largest absolute Gasteiger partial charge is 0.481 e. The number of benzene rings is 2. The van der Waals surface area contributed by atoms with Gasteiger partial charge in [-0.3, -0.25) is 9.59 Å². The third-order valence-electron chi connectivity index (χ3n) is 6.67. The quantitative estimate of drug-likeness (QED) is 0.523. The van der Waals surface area contributed by atoms with Gasteiger partial charge >= 0.3 is 12.1 Å². The molecule has 8 heteroatoms. The first kappa shape index (κ1) is 23.8. The standard InChI is InChI=1S/C26H30N2O6/c29-14-6-8-17-7-5-13-28(17)25(32)23(15-24(30)31)27-26(33)34-16-22-20-11-3-1-9-18(20)19-10-2-4-12-21(19)22/h1-4,9-12,17,22-23,29H,5-8,13-16H2,(H,27,33)(H,30,31). The molecule has 0 aromatic heterocycles. The number of amides is 2. The third kappa shape index (κ3) is 5.07. The highest BCUT2D eigenvalue weighted by atomic mass is 16.5. The molecule has 1 heterocycles. The molecule has 0 radical (unpaired) electrons. The molecule has 1 fully saturated rings. The first-order valence-corrected chi connectivity index (χ1v) is 11.7. The van der Waals surface area contributed by atoms with Gasteiger partial charge < -0.3 is 25.2 Å². The van der Waals surface area contributed by atoms with Gasteiger partial charge in [-0.15, -0.1) is 0 Å². The average Bonchev–Trinajstić information content (AvgIpc) is 3.43. The van der Waals surface area contributed by atoms with Crippen molar-refractivity contribution in [1.82, 2.24) is 10.2 Å². The first-order valence-electron chi connectivity index (χ1n) is 11.7. The van der Waals surface area contributed by atoms with E-state index in [1.807, 2.05) is 48.5 Å². The van der Waals surface area contributed by atoms with Crippen LogP contribution in [-0.4, -0.2) is 64.9 Å².